The van der Waals surface area contributed by atoms with Gasteiger partial charge in [0.2, 0.25) is 0 Å². The van der Waals surface area contributed by atoms with Crippen LogP contribution in [0.2, 0.25) is 0 Å². The normalized spacial score (nSPS) is 27.2. The number of hydrogen-bond acceptors (Lipinski definition) is 0. The molecule has 0 atom stereocenters. The molecule has 4 nitrogen and oxygen atoms in total. The standard InChI is InChI=1S/4C12H22N.V/c4*1-3-7-11(8-4-1)13-12-9-5-2-6-10-12;/h4*11-12H,1-10H2;/q4*-1;+4. The predicted octanol–water partition coefficient (Wildman–Crippen LogP) is 16.1. The van der Waals surface area contributed by atoms with Crippen LogP contribution in [0.4, 0.5) is 0 Å². The second-order valence-corrected chi connectivity index (χ2v) is 18.9. The first-order chi connectivity index (χ1) is 25.8. The third-order valence-corrected chi connectivity index (χ3v) is 14.3. The molecule has 0 aromatic rings. The van der Waals surface area contributed by atoms with Gasteiger partial charge in [-0.1, -0.05) is 257 Å². The van der Waals surface area contributed by atoms with Crippen LogP contribution in [-0.4, -0.2) is 48.3 Å². The van der Waals surface area contributed by atoms with Crippen LogP contribution in [0, 0.1) is 0 Å². The summed E-state index contributed by atoms with van der Waals surface area (Å²) in [4.78, 5) is 0. The number of rotatable bonds is 8. The monoisotopic (exact) mass is 772 g/mol. The summed E-state index contributed by atoms with van der Waals surface area (Å²) in [6.07, 6.45) is 56.7. The minimum absolute atomic E-state index is 0. The average molecular weight is 772 g/mol. The van der Waals surface area contributed by atoms with E-state index < -0.39 is 0 Å². The topological polar surface area (TPSA) is 56.4 Å². The van der Waals surface area contributed by atoms with E-state index in [9.17, 15) is 0 Å². The van der Waals surface area contributed by atoms with Crippen LogP contribution in [0.3, 0.4) is 0 Å². The van der Waals surface area contributed by atoms with Crippen molar-refractivity contribution in [2.45, 2.75) is 305 Å². The molecule has 8 aliphatic rings. The van der Waals surface area contributed by atoms with E-state index in [1.807, 2.05) is 0 Å². The first kappa shape index (κ1) is 46.1. The van der Waals surface area contributed by atoms with E-state index in [-0.39, 0.29) is 18.6 Å². The van der Waals surface area contributed by atoms with Gasteiger partial charge in [-0.15, -0.1) is 48.3 Å². The van der Waals surface area contributed by atoms with Crippen LogP contribution < -0.4 is 0 Å². The van der Waals surface area contributed by atoms with E-state index in [0.29, 0.717) is 0 Å². The van der Waals surface area contributed by atoms with Gasteiger partial charge in [-0.3, -0.25) is 0 Å². The molecule has 8 fully saturated rings. The second-order valence-electron chi connectivity index (χ2n) is 18.9. The van der Waals surface area contributed by atoms with Crippen LogP contribution in [0.5, 0.6) is 0 Å². The molecule has 8 saturated carbocycles. The van der Waals surface area contributed by atoms with Gasteiger partial charge in [0.25, 0.3) is 0 Å². The molecule has 0 aliphatic heterocycles. The van der Waals surface area contributed by atoms with E-state index in [1.54, 1.807) is 0 Å². The maximum absolute atomic E-state index is 5.00. The Hall–Kier alpha value is 0.424. The van der Waals surface area contributed by atoms with Crippen molar-refractivity contribution in [1.82, 2.24) is 0 Å². The Kier molecular flexibility index (Phi) is 25.8. The maximum Gasteiger partial charge on any atom is 4.00 e. The first-order valence-corrected chi connectivity index (χ1v) is 24.6. The number of hydrogen-bond donors (Lipinski definition) is 0. The van der Waals surface area contributed by atoms with Crippen LogP contribution in [0.25, 0.3) is 21.3 Å². The molecule has 0 aromatic carbocycles. The number of nitrogens with zero attached hydrogens (tertiary/aromatic N) is 4. The Labute approximate surface area is 343 Å². The van der Waals surface area contributed by atoms with Gasteiger partial charge in [0.05, 0.1) is 0 Å². The molecule has 0 bridgehead atoms. The molecule has 0 amide bonds. The van der Waals surface area contributed by atoms with Crippen molar-refractivity contribution in [2.75, 3.05) is 0 Å². The molecule has 0 N–H and O–H groups in total. The van der Waals surface area contributed by atoms with Crippen LogP contribution in [0.1, 0.15) is 257 Å². The molecule has 5 heteroatoms. The van der Waals surface area contributed by atoms with Crippen molar-refractivity contribution in [2.24, 2.45) is 0 Å². The predicted molar refractivity (Wildman–Crippen MR) is 228 cm³/mol. The Morgan fingerprint density at radius 2 is 0.245 bits per heavy atom. The molecular formula is C48H88N4V. The quantitative estimate of drug-likeness (QED) is 0.236. The zero-order valence-corrected chi connectivity index (χ0v) is 36.5. The van der Waals surface area contributed by atoms with Crippen molar-refractivity contribution in [3.8, 4) is 0 Å². The molecule has 1 radical (unpaired) electrons. The van der Waals surface area contributed by atoms with Crippen LogP contribution in [-0.2, 0) is 18.6 Å². The molecule has 8 rings (SSSR count). The summed E-state index contributed by atoms with van der Waals surface area (Å²) < 4.78 is 0. The van der Waals surface area contributed by atoms with E-state index >= 15 is 0 Å². The zero-order chi connectivity index (χ0) is 35.7. The molecule has 53 heavy (non-hydrogen) atoms. The minimum Gasteiger partial charge on any atom is -0.657 e. The Bertz CT molecular complexity index is 607. The Morgan fingerprint density at radius 3 is 0.340 bits per heavy atom. The molecule has 0 saturated heterocycles. The zero-order valence-electron chi connectivity index (χ0n) is 35.1. The van der Waals surface area contributed by atoms with Gasteiger partial charge in [0.15, 0.2) is 0 Å². The van der Waals surface area contributed by atoms with E-state index in [2.05, 4.69) is 0 Å². The molecular weight excluding hydrogens is 684 g/mol. The van der Waals surface area contributed by atoms with E-state index in [0.717, 1.165) is 48.3 Å². The largest absolute Gasteiger partial charge is 4.00 e. The van der Waals surface area contributed by atoms with Crippen molar-refractivity contribution in [3.05, 3.63) is 21.3 Å². The van der Waals surface area contributed by atoms with Crippen LogP contribution in [0.15, 0.2) is 0 Å². The smallest absolute Gasteiger partial charge is 0.657 e. The summed E-state index contributed by atoms with van der Waals surface area (Å²) in [6, 6.07) is 5.98. The third-order valence-electron chi connectivity index (χ3n) is 14.3. The summed E-state index contributed by atoms with van der Waals surface area (Å²) in [6.45, 7) is 0. The minimum atomic E-state index is 0. The average Bonchev–Trinajstić information content (AvgIpc) is 3.22. The van der Waals surface area contributed by atoms with Gasteiger partial charge < -0.3 is 21.3 Å². The molecule has 0 unspecified atom stereocenters. The van der Waals surface area contributed by atoms with Crippen LogP contribution >= 0.6 is 0 Å². The first-order valence-electron chi connectivity index (χ1n) is 24.6. The second kappa shape index (κ2) is 29.6. The summed E-state index contributed by atoms with van der Waals surface area (Å²) >= 11 is 0. The van der Waals surface area contributed by atoms with Crippen molar-refractivity contribution in [3.63, 3.8) is 0 Å². The van der Waals surface area contributed by atoms with Gasteiger partial charge in [-0.05, 0) is 0 Å². The molecule has 0 aromatic heterocycles. The summed E-state index contributed by atoms with van der Waals surface area (Å²) in [5.74, 6) is 0. The van der Waals surface area contributed by atoms with E-state index in [1.165, 1.54) is 257 Å². The summed E-state index contributed by atoms with van der Waals surface area (Å²) in [5.41, 5.74) is 0. The fourth-order valence-corrected chi connectivity index (χ4v) is 11.0. The Morgan fingerprint density at radius 1 is 0.151 bits per heavy atom. The van der Waals surface area contributed by atoms with Crippen molar-refractivity contribution >= 4 is 0 Å². The SMILES string of the molecule is C1CCC([N-]C2CCCCC2)CC1.C1CCC([N-]C2CCCCC2)CC1.C1CCC([N-]C2CCCCC2)CC1.C1CCC([N-]C2CCCCC2)CC1.[V+4]. The van der Waals surface area contributed by atoms with Gasteiger partial charge in [0.1, 0.15) is 0 Å². The van der Waals surface area contributed by atoms with Gasteiger partial charge >= 0.3 is 18.6 Å². The molecule has 0 spiro atoms. The fourth-order valence-electron chi connectivity index (χ4n) is 11.0. The molecule has 0 heterocycles. The Balaban J connectivity index is 0.000000157. The summed E-state index contributed by atoms with van der Waals surface area (Å²) in [7, 11) is 0. The molecule has 305 valence electrons. The summed E-state index contributed by atoms with van der Waals surface area (Å²) in [5, 5.41) is 20.0. The van der Waals surface area contributed by atoms with E-state index in [4.69, 9.17) is 21.3 Å². The molecule has 8 aliphatic carbocycles. The van der Waals surface area contributed by atoms with Gasteiger partial charge in [-0.2, -0.15) is 0 Å². The van der Waals surface area contributed by atoms with Gasteiger partial charge in [0, 0.05) is 0 Å². The third kappa shape index (κ3) is 20.6. The van der Waals surface area contributed by atoms with Crippen molar-refractivity contribution < 1.29 is 18.6 Å². The maximum atomic E-state index is 5.00. The fraction of sp³-hybridized carbons (Fsp3) is 1.00. The van der Waals surface area contributed by atoms with Gasteiger partial charge in [-0.25, -0.2) is 0 Å². The van der Waals surface area contributed by atoms with Crippen molar-refractivity contribution in [1.29, 1.82) is 0 Å².